The molecule has 1 atom stereocenters. The SMILES string of the molecule is O=C(O)C1CC(=O)N(C2=CS(=O)(=O)c3ccccc32)C1. The van der Waals surface area contributed by atoms with E-state index >= 15 is 0 Å². The molecule has 2 aliphatic rings. The Morgan fingerprint density at radius 3 is 2.65 bits per heavy atom. The van der Waals surface area contributed by atoms with Gasteiger partial charge in [0, 0.05) is 18.5 Å². The van der Waals surface area contributed by atoms with Crippen LogP contribution in [-0.2, 0) is 19.4 Å². The Morgan fingerprint density at radius 2 is 2.00 bits per heavy atom. The number of benzene rings is 1. The lowest BCUT2D eigenvalue weighted by Crippen LogP contribution is -2.24. The molecule has 0 saturated carbocycles. The van der Waals surface area contributed by atoms with E-state index in [1.54, 1.807) is 18.2 Å². The number of carbonyl (C=O) groups excluding carboxylic acids is 1. The van der Waals surface area contributed by atoms with Gasteiger partial charge < -0.3 is 10.0 Å². The van der Waals surface area contributed by atoms with Gasteiger partial charge in [-0.25, -0.2) is 8.42 Å². The number of hydrogen-bond acceptors (Lipinski definition) is 4. The van der Waals surface area contributed by atoms with Gasteiger partial charge in [-0.05, 0) is 6.07 Å². The quantitative estimate of drug-likeness (QED) is 0.866. The number of carboxylic acid groups (broad SMARTS) is 1. The van der Waals surface area contributed by atoms with Gasteiger partial charge in [0.25, 0.3) is 0 Å². The van der Waals surface area contributed by atoms with Crippen LogP contribution < -0.4 is 0 Å². The molecule has 7 heteroatoms. The van der Waals surface area contributed by atoms with Gasteiger partial charge in [0.1, 0.15) is 0 Å². The summed E-state index contributed by atoms with van der Waals surface area (Å²) in [7, 11) is -3.56. The first-order valence-corrected chi connectivity index (χ1v) is 7.54. The summed E-state index contributed by atoms with van der Waals surface area (Å²) in [5.41, 5.74) is 0.723. The minimum Gasteiger partial charge on any atom is -0.481 e. The molecule has 0 bridgehead atoms. The fourth-order valence-corrected chi connectivity index (χ4v) is 3.94. The van der Waals surface area contributed by atoms with E-state index in [1.165, 1.54) is 11.0 Å². The number of rotatable bonds is 2. The molecule has 1 aromatic carbocycles. The Kier molecular flexibility index (Phi) is 2.68. The highest BCUT2D eigenvalue weighted by Gasteiger charge is 2.40. The zero-order valence-electron chi connectivity index (χ0n) is 10.3. The lowest BCUT2D eigenvalue weighted by atomic mass is 10.1. The lowest BCUT2D eigenvalue weighted by molar-refractivity contribution is -0.141. The molecule has 2 aliphatic heterocycles. The second-order valence-electron chi connectivity index (χ2n) is 4.79. The van der Waals surface area contributed by atoms with Crippen LogP contribution in [0.1, 0.15) is 12.0 Å². The molecule has 3 rings (SSSR count). The molecule has 104 valence electrons. The number of aliphatic carboxylic acids is 1. The van der Waals surface area contributed by atoms with Crippen molar-refractivity contribution < 1.29 is 23.1 Å². The van der Waals surface area contributed by atoms with Crippen molar-refractivity contribution in [1.29, 1.82) is 0 Å². The minimum absolute atomic E-state index is 0.00382. The lowest BCUT2D eigenvalue weighted by Gasteiger charge is -2.17. The van der Waals surface area contributed by atoms with Crippen LogP contribution in [0.5, 0.6) is 0 Å². The van der Waals surface area contributed by atoms with Crippen molar-refractivity contribution >= 4 is 27.4 Å². The van der Waals surface area contributed by atoms with E-state index in [4.69, 9.17) is 5.11 Å². The standard InChI is InChI=1S/C13H11NO5S/c15-12-5-8(13(16)17)6-14(12)10-7-20(18,19)11-4-2-1-3-9(10)11/h1-4,7-8H,5-6H2,(H,16,17). The summed E-state index contributed by atoms with van der Waals surface area (Å²) < 4.78 is 24.0. The molecule has 1 unspecified atom stereocenters. The summed E-state index contributed by atoms with van der Waals surface area (Å²) in [6.07, 6.45) is -0.102. The molecule has 1 saturated heterocycles. The summed E-state index contributed by atoms with van der Waals surface area (Å²) >= 11 is 0. The van der Waals surface area contributed by atoms with E-state index in [0.29, 0.717) is 5.56 Å². The van der Waals surface area contributed by atoms with E-state index in [0.717, 1.165) is 5.41 Å². The number of sulfone groups is 1. The smallest absolute Gasteiger partial charge is 0.308 e. The molecule has 0 radical (unpaired) electrons. The minimum atomic E-state index is -3.56. The van der Waals surface area contributed by atoms with Crippen LogP contribution >= 0.6 is 0 Å². The van der Waals surface area contributed by atoms with E-state index in [1.807, 2.05) is 0 Å². The fourth-order valence-electron chi connectivity index (χ4n) is 2.52. The average Bonchev–Trinajstić information content (AvgIpc) is 2.89. The van der Waals surface area contributed by atoms with Crippen molar-refractivity contribution in [3.8, 4) is 0 Å². The molecule has 1 N–H and O–H groups in total. The van der Waals surface area contributed by atoms with Crippen molar-refractivity contribution in [2.75, 3.05) is 6.54 Å². The predicted octanol–water partition coefficient (Wildman–Crippen LogP) is 0.705. The molecule has 1 fully saturated rings. The molecule has 0 aliphatic carbocycles. The molecule has 6 nitrogen and oxygen atoms in total. The summed E-state index contributed by atoms with van der Waals surface area (Å²) in [4.78, 5) is 24.3. The normalized spacial score (nSPS) is 23.6. The Balaban J connectivity index is 2.05. The monoisotopic (exact) mass is 293 g/mol. The average molecular weight is 293 g/mol. The van der Waals surface area contributed by atoms with E-state index in [2.05, 4.69) is 0 Å². The first-order chi connectivity index (χ1) is 9.40. The molecule has 0 aromatic heterocycles. The van der Waals surface area contributed by atoms with Crippen molar-refractivity contribution in [3.05, 3.63) is 35.2 Å². The van der Waals surface area contributed by atoms with Crippen LogP contribution in [0.15, 0.2) is 34.6 Å². The number of likely N-dealkylation sites (tertiary alicyclic amines) is 1. The molecular weight excluding hydrogens is 282 g/mol. The topological polar surface area (TPSA) is 91.8 Å². The van der Waals surface area contributed by atoms with Crippen molar-refractivity contribution in [1.82, 2.24) is 4.90 Å². The predicted molar refractivity (Wildman–Crippen MR) is 69.1 cm³/mol. The highest BCUT2D eigenvalue weighted by molar-refractivity contribution is 7.95. The first-order valence-electron chi connectivity index (χ1n) is 5.99. The molecule has 1 amide bonds. The zero-order valence-corrected chi connectivity index (χ0v) is 11.1. The first kappa shape index (κ1) is 12.9. The van der Waals surface area contributed by atoms with Gasteiger partial charge in [-0.15, -0.1) is 0 Å². The Hall–Kier alpha value is -2.15. The van der Waals surface area contributed by atoms with Crippen LogP contribution in [0.25, 0.3) is 5.70 Å². The molecule has 1 aromatic rings. The maximum absolute atomic E-state index is 12.0. The van der Waals surface area contributed by atoms with E-state index in [-0.39, 0.29) is 29.5 Å². The van der Waals surface area contributed by atoms with Gasteiger partial charge in [-0.3, -0.25) is 9.59 Å². The third-order valence-electron chi connectivity index (χ3n) is 3.50. The van der Waals surface area contributed by atoms with Gasteiger partial charge in [0.05, 0.1) is 21.9 Å². The molecule has 20 heavy (non-hydrogen) atoms. The Labute approximate surface area is 115 Å². The molecule has 2 heterocycles. The zero-order chi connectivity index (χ0) is 14.5. The van der Waals surface area contributed by atoms with Gasteiger partial charge in [-0.1, -0.05) is 18.2 Å². The maximum Gasteiger partial charge on any atom is 0.308 e. The number of carbonyl (C=O) groups is 2. The highest BCUT2D eigenvalue weighted by atomic mass is 32.2. The summed E-state index contributed by atoms with van der Waals surface area (Å²) in [6, 6.07) is 6.39. The van der Waals surface area contributed by atoms with Gasteiger partial charge in [-0.2, -0.15) is 0 Å². The van der Waals surface area contributed by atoms with Crippen molar-refractivity contribution in [2.24, 2.45) is 5.92 Å². The van der Waals surface area contributed by atoms with Crippen molar-refractivity contribution in [2.45, 2.75) is 11.3 Å². The highest BCUT2D eigenvalue weighted by Crippen LogP contribution is 2.38. The van der Waals surface area contributed by atoms with E-state index < -0.39 is 21.7 Å². The van der Waals surface area contributed by atoms with Gasteiger partial charge in [0.15, 0.2) is 0 Å². The number of hydrogen-bond donors (Lipinski definition) is 1. The third-order valence-corrected chi connectivity index (χ3v) is 5.00. The van der Waals surface area contributed by atoms with Crippen LogP contribution in [0.2, 0.25) is 0 Å². The van der Waals surface area contributed by atoms with Crippen LogP contribution in [0, 0.1) is 5.92 Å². The fraction of sp³-hybridized carbons (Fsp3) is 0.231. The third kappa shape index (κ3) is 1.82. The van der Waals surface area contributed by atoms with Crippen LogP contribution in [-0.4, -0.2) is 36.8 Å². The van der Waals surface area contributed by atoms with Crippen molar-refractivity contribution in [3.63, 3.8) is 0 Å². The van der Waals surface area contributed by atoms with Gasteiger partial charge in [0.2, 0.25) is 15.7 Å². The number of fused-ring (bicyclic) bond motifs is 1. The van der Waals surface area contributed by atoms with Gasteiger partial charge >= 0.3 is 5.97 Å². The molecule has 0 spiro atoms. The summed E-state index contributed by atoms with van der Waals surface area (Å²) in [5.74, 6) is -2.20. The largest absolute Gasteiger partial charge is 0.481 e. The van der Waals surface area contributed by atoms with E-state index in [9.17, 15) is 18.0 Å². The number of nitrogens with zero attached hydrogens (tertiary/aromatic N) is 1. The summed E-state index contributed by atoms with van der Waals surface area (Å²) in [5, 5.41) is 10.0. The number of carboxylic acids is 1. The summed E-state index contributed by atoms with van der Waals surface area (Å²) in [6.45, 7) is 0.00382. The van der Waals surface area contributed by atoms with Crippen LogP contribution in [0.4, 0.5) is 0 Å². The Morgan fingerprint density at radius 1 is 1.30 bits per heavy atom. The second-order valence-corrected chi connectivity index (χ2v) is 6.55. The Bertz CT molecular complexity index is 750. The molecular formula is C13H11NO5S. The van der Waals surface area contributed by atoms with Crippen LogP contribution in [0.3, 0.4) is 0 Å². The second kappa shape index (κ2) is 4.17. The number of amides is 1. The maximum atomic E-state index is 12.0.